The van der Waals surface area contributed by atoms with Crippen molar-refractivity contribution in [1.82, 2.24) is 0 Å². The average molecular weight is 258 g/mol. The van der Waals surface area contributed by atoms with Crippen LogP contribution in [0.4, 0.5) is 0 Å². The average Bonchev–Trinajstić information content (AvgIpc) is 2.27. The molecule has 0 aliphatic heterocycles. The molecule has 0 spiro atoms. The van der Waals surface area contributed by atoms with E-state index in [9.17, 15) is 9.59 Å². The van der Waals surface area contributed by atoms with Crippen molar-refractivity contribution in [2.75, 3.05) is 0 Å². The fraction of sp³-hybridized carbons (Fsp3) is 0.857. The zero-order valence-electron chi connectivity index (χ0n) is 11.8. The Hall–Kier alpha value is -1.06. The topological polar surface area (TPSA) is 63.6 Å². The third-order valence-electron chi connectivity index (χ3n) is 2.73. The SMILES string of the molecule is CC1CCCC(OC(=O)CCC(=O)O)C1.CCC. The monoisotopic (exact) mass is 258 g/mol. The molecule has 1 fully saturated rings. The number of aliphatic carboxylic acids is 1. The first-order valence-corrected chi connectivity index (χ1v) is 6.90. The molecule has 1 aliphatic carbocycles. The van der Waals surface area contributed by atoms with E-state index in [-0.39, 0.29) is 24.9 Å². The van der Waals surface area contributed by atoms with Gasteiger partial charge in [0.1, 0.15) is 6.10 Å². The Morgan fingerprint density at radius 2 is 1.83 bits per heavy atom. The van der Waals surface area contributed by atoms with Gasteiger partial charge in [0.05, 0.1) is 12.8 Å². The van der Waals surface area contributed by atoms with Crippen molar-refractivity contribution in [2.24, 2.45) is 5.92 Å². The van der Waals surface area contributed by atoms with Crippen LogP contribution in [0, 0.1) is 5.92 Å². The maximum Gasteiger partial charge on any atom is 0.306 e. The molecule has 2 atom stereocenters. The largest absolute Gasteiger partial charge is 0.481 e. The summed E-state index contributed by atoms with van der Waals surface area (Å²) in [5, 5.41) is 8.40. The summed E-state index contributed by atoms with van der Waals surface area (Å²) in [5.41, 5.74) is 0. The lowest BCUT2D eigenvalue weighted by atomic mass is 9.89. The summed E-state index contributed by atoms with van der Waals surface area (Å²) >= 11 is 0. The molecule has 106 valence electrons. The highest BCUT2D eigenvalue weighted by molar-refractivity contribution is 5.76. The third kappa shape index (κ3) is 9.02. The lowest BCUT2D eigenvalue weighted by molar-refractivity contribution is -0.153. The maximum absolute atomic E-state index is 11.2. The first-order valence-electron chi connectivity index (χ1n) is 6.90. The molecule has 1 aliphatic rings. The number of carbonyl (C=O) groups is 2. The Kier molecular flexibility index (Phi) is 9.33. The Labute approximate surface area is 110 Å². The van der Waals surface area contributed by atoms with Crippen LogP contribution in [-0.2, 0) is 14.3 Å². The molecule has 0 aromatic heterocycles. The van der Waals surface area contributed by atoms with Gasteiger partial charge in [0.25, 0.3) is 0 Å². The van der Waals surface area contributed by atoms with E-state index in [1.165, 1.54) is 12.8 Å². The predicted molar refractivity (Wildman–Crippen MR) is 70.3 cm³/mol. The van der Waals surface area contributed by atoms with Gasteiger partial charge in [-0.1, -0.05) is 33.6 Å². The van der Waals surface area contributed by atoms with E-state index >= 15 is 0 Å². The van der Waals surface area contributed by atoms with Gasteiger partial charge < -0.3 is 9.84 Å². The van der Waals surface area contributed by atoms with Crippen LogP contribution in [0.5, 0.6) is 0 Å². The number of hydrogen-bond donors (Lipinski definition) is 1. The Bertz CT molecular complexity index is 250. The van der Waals surface area contributed by atoms with Gasteiger partial charge in [-0.15, -0.1) is 0 Å². The third-order valence-corrected chi connectivity index (χ3v) is 2.73. The molecule has 0 aromatic rings. The molecule has 18 heavy (non-hydrogen) atoms. The summed E-state index contributed by atoms with van der Waals surface area (Å²) in [6, 6.07) is 0. The van der Waals surface area contributed by atoms with Crippen LogP contribution < -0.4 is 0 Å². The lowest BCUT2D eigenvalue weighted by Crippen LogP contribution is -2.24. The lowest BCUT2D eigenvalue weighted by Gasteiger charge is -2.26. The second-order valence-corrected chi connectivity index (χ2v) is 4.98. The Morgan fingerprint density at radius 1 is 1.22 bits per heavy atom. The van der Waals surface area contributed by atoms with Gasteiger partial charge in [0, 0.05) is 0 Å². The number of ether oxygens (including phenoxy) is 1. The predicted octanol–water partition coefficient (Wildman–Crippen LogP) is 3.39. The number of rotatable bonds is 4. The van der Waals surface area contributed by atoms with Crippen molar-refractivity contribution in [3.63, 3.8) is 0 Å². The second-order valence-electron chi connectivity index (χ2n) is 4.98. The van der Waals surface area contributed by atoms with E-state index in [1.807, 2.05) is 0 Å². The van der Waals surface area contributed by atoms with Crippen LogP contribution in [-0.4, -0.2) is 23.1 Å². The zero-order valence-corrected chi connectivity index (χ0v) is 11.8. The van der Waals surface area contributed by atoms with Gasteiger partial charge >= 0.3 is 11.9 Å². The molecule has 0 amide bonds. The van der Waals surface area contributed by atoms with Crippen molar-refractivity contribution < 1.29 is 19.4 Å². The van der Waals surface area contributed by atoms with Crippen LogP contribution in [0.2, 0.25) is 0 Å². The first-order chi connectivity index (χ1) is 8.49. The molecule has 0 heterocycles. The van der Waals surface area contributed by atoms with Crippen LogP contribution in [0.15, 0.2) is 0 Å². The number of carboxylic acid groups (broad SMARTS) is 1. The van der Waals surface area contributed by atoms with Crippen molar-refractivity contribution in [3.8, 4) is 0 Å². The molecule has 1 rings (SSSR count). The highest BCUT2D eigenvalue weighted by Crippen LogP contribution is 2.25. The summed E-state index contributed by atoms with van der Waals surface area (Å²) in [6.45, 7) is 6.40. The molecule has 0 bridgehead atoms. The smallest absolute Gasteiger partial charge is 0.306 e. The maximum atomic E-state index is 11.2. The van der Waals surface area contributed by atoms with Crippen LogP contribution in [0.1, 0.15) is 65.7 Å². The number of carboxylic acids is 1. The molecular formula is C14H26O4. The van der Waals surface area contributed by atoms with Gasteiger partial charge in [-0.05, 0) is 25.2 Å². The minimum atomic E-state index is -0.955. The van der Waals surface area contributed by atoms with Gasteiger partial charge in [0.2, 0.25) is 0 Å². The molecule has 1 saturated carbocycles. The van der Waals surface area contributed by atoms with Gasteiger partial charge in [-0.25, -0.2) is 0 Å². The molecule has 1 N–H and O–H groups in total. The fourth-order valence-corrected chi connectivity index (χ4v) is 1.94. The second kappa shape index (κ2) is 9.92. The van der Waals surface area contributed by atoms with E-state index in [4.69, 9.17) is 9.84 Å². The Morgan fingerprint density at radius 3 is 2.33 bits per heavy atom. The molecule has 4 nitrogen and oxygen atoms in total. The van der Waals surface area contributed by atoms with E-state index in [0.717, 1.165) is 19.3 Å². The van der Waals surface area contributed by atoms with Crippen molar-refractivity contribution in [3.05, 3.63) is 0 Å². The van der Waals surface area contributed by atoms with Gasteiger partial charge in [-0.2, -0.15) is 0 Å². The zero-order chi connectivity index (χ0) is 14.0. The summed E-state index contributed by atoms with van der Waals surface area (Å²) in [4.78, 5) is 21.5. The van der Waals surface area contributed by atoms with Crippen molar-refractivity contribution >= 4 is 11.9 Å². The fourth-order valence-electron chi connectivity index (χ4n) is 1.94. The summed E-state index contributed by atoms with van der Waals surface area (Å²) in [6.07, 6.45) is 5.24. The minimum absolute atomic E-state index is 0.00930. The summed E-state index contributed by atoms with van der Waals surface area (Å²) in [5.74, 6) is -0.725. The normalized spacial score (nSPS) is 22.6. The van der Waals surface area contributed by atoms with Crippen LogP contribution >= 0.6 is 0 Å². The van der Waals surface area contributed by atoms with Crippen molar-refractivity contribution in [2.45, 2.75) is 71.8 Å². The molecule has 4 heteroatoms. The number of hydrogen-bond acceptors (Lipinski definition) is 3. The van der Waals surface area contributed by atoms with Gasteiger partial charge in [0.15, 0.2) is 0 Å². The quantitative estimate of drug-likeness (QED) is 0.785. The molecule has 2 unspecified atom stereocenters. The molecular weight excluding hydrogens is 232 g/mol. The van der Waals surface area contributed by atoms with Gasteiger partial charge in [-0.3, -0.25) is 9.59 Å². The standard InChI is InChI=1S/C11H18O4.C3H8/c1-8-3-2-4-9(7-8)15-11(14)6-5-10(12)13;1-3-2/h8-9H,2-7H2,1H3,(H,12,13);3H2,1-2H3. The summed E-state index contributed by atoms with van der Waals surface area (Å²) in [7, 11) is 0. The minimum Gasteiger partial charge on any atom is -0.481 e. The molecule has 0 aromatic carbocycles. The number of carbonyl (C=O) groups excluding carboxylic acids is 1. The van der Waals surface area contributed by atoms with E-state index < -0.39 is 5.97 Å². The van der Waals surface area contributed by atoms with Crippen LogP contribution in [0.3, 0.4) is 0 Å². The Balaban J connectivity index is 0.000000873. The molecule has 0 radical (unpaired) electrons. The highest BCUT2D eigenvalue weighted by Gasteiger charge is 2.22. The number of esters is 1. The van der Waals surface area contributed by atoms with E-state index in [2.05, 4.69) is 20.8 Å². The van der Waals surface area contributed by atoms with E-state index in [1.54, 1.807) is 0 Å². The van der Waals surface area contributed by atoms with E-state index in [0.29, 0.717) is 5.92 Å². The summed E-state index contributed by atoms with van der Waals surface area (Å²) < 4.78 is 5.21. The van der Waals surface area contributed by atoms with Crippen LogP contribution in [0.25, 0.3) is 0 Å². The first kappa shape index (κ1) is 16.9. The van der Waals surface area contributed by atoms with Crippen molar-refractivity contribution in [1.29, 1.82) is 0 Å². The molecule has 0 saturated heterocycles. The highest BCUT2D eigenvalue weighted by atomic mass is 16.5.